The molecule has 1 aliphatic carbocycles. The first-order chi connectivity index (χ1) is 14.2. The summed E-state index contributed by atoms with van der Waals surface area (Å²) in [5.41, 5.74) is 0.485. The molecule has 1 amide bonds. The third kappa shape index (κ3) is 3.69. The van der Waals surface area contributed by atoms with Crippen molar-refractivity contribution in [1.29, 1.82) is 0 Å². The van der Waals surface area contributed by atoms with E-state index in [4.69, 9.17) is 0 Å². The molecule has 7 heteroatoms. The Kier molecular flexibility index (Phi) is 4.66. The number of likely N-dealkylation sites (tertiary alicyclic amines) is 1. The summed E-state index contributed by atoms with van der Waals surface area (Å²) in [4.78, 5) is 36.5. The Morgan fingerprint density at radius 2 is 1.97 bits per heavy atom. The molecule has 29 heavy (non-hydrogen) atoms. The van der Waals surface area contributed by atoms with Crippen molar-refractivity contribution in [3.05, 3.63) is 59.2 Å². The van der Waals surface area contributed by atoms with Crippen LogP contribution in [-0.4, -0.2) is 43.0 Å². The Hall–Kier alpha value is -2.96. The standard InChI is InChI=1S/C22H25N5O2/c28-20(14-27-15-24-19-6-2-1-5-18(19)22(27)29)25-10-3-4-17(13-25)21-23-9-11-26(21)12-16-7-8-16/h1-2,5-6,9,11,15-17H,3-4,7-8,10,12-14H2/t17-/m1/s1. The number of benzene rings is 1. The number of carbonyl (C=O) groups is 1. The molecule has 2 fully saturated rings. The first-order valence-electron chi connectivity index (χ1n) is 10.4. The van der Waals surface area contributed by atoms with Gasteiger partial charge in [-0.3, -0.25) is 14.2 Å². The molecule has 150 valence electrons. The number of fused-ring (bicyclic) bond motifs is 1. The quantitative estimate of drug-likeness (QED) is 0.670. The second kappa shape index (κ2) is 7.46. The highest BCUT2D eigenvalue weighted by molar-refractivity contribution is 5.79. The van der Waals surface area contributed by atoms with Gasteiger partial charge in [0, 0.05) is 37.9 Å². The van der Waals surface area contributed by atoms with Crippen molar-refractivity contribution < 1.29 is 4.79 Å². The largest absolute Gasteiger partial charge is 0.340 e. The lowest BCUT2D eigenvalue weighted by atomic mass is 9.97. The molecule has 0 N–H and O–H groups in total. The second-order valence-corrected chi connectivity index (χ2v) is 8.25. The first-order valence-corrected chi connectivity index (χ1v) is 10.4. The summed E-state index contributed by atoms with van der Waals surface area (Å²) in [6, 6.07) is 7.23. The monoisotopic (exact) mass is 391 g/mol. The second-order valence-electron chi connectivity index (χ2n) is 8.25. The van der Waals surface area contributed by atoms with Crippen LogP contribution in [-0.2, 0) is 17.9 Å². The van der Waals surface area contributed by atoms with Gasteiger partial charge in [-0.05, 0) is 43.7 Å². The van der Waals surface area contributed by atoms with Gasteiger partial charge in [-0.15, -0.1) is 0 Å². The van der Waals surface area contributed by atoms with E-state index >= 15 is 0 Å². The van der Waals surface area contributed by atoms with Crippen LogP contribution in [0.25, 0.3) is 10.9 Å². The Bertz CT molecular complexity index is 1100. The van der Waals surface area contributed by atoms with E-state index < -0.39 is 0 Å². The maximum absolute atomic E-state index is 13.0. The highest BCUT2D eigenvalue weighted by atomic mass is 16.2. The average molecular weight is 391 g/mol. The number of imidazole rings is 1. The van der Waals surface area contributed by atoms with E-state index in [9.17, 15) is 9.59 Å². The summed E-state index contributed by atoms with van der Waals surface area (Å²) in [5.74, 6) is 2.11. The smallest absolute Gasteiger partial charge is 0.261 e. The molecule has 1 aliphatic heterocycles. The number of rotatable bonds is 5. The van der Waals surface area contributed by atoms with Crippen molar-refractivity contribution in [3.63, 3.8) is 0 Å². The number of nitrogens with zero attached hydrogens (tertiary/aromatic N) is 5. The predicted octanol–water partition coefficient (Wildman–Crippen LogP) is 2.41. The molecule has 1 saturated heterocycles. The molecule has 0 spiro atoms. The van der Waals surface area contributed by atoms with Crippen LogP contribution < -0.4 is 5.56 Å². The molecular weight excluding hydrogens is 366 g/mol. The molecule has 5 rings (SSSR count). The lowest BCUT2D eigenvalue weighted by Crippen LogP contribution is -2.42. The van der Waals surface area contributed by atoms with Crippen LogP contribution in [0.4, 0.5) is 0 Å². The maximum Gasteiger partial charge on any atom is 0.261 e. The van der Waals surface area contributed by atoms with E-state index in [-0.39, 0.29) is 23.9 Å². The minimum Gasteiger partial charge on any atom is -0.340 e. The van der Waals surface area contributed by atoms with Crippen LogP contribution in [0.3, 0.4) is 0 Å². The molecule has 1 atom stereocenters. The van der Waals surface area contributed by atoms with E-state index in [0.717, 1.165) is 37.7 Å². The Morgan fingerprint density at radius 3 is 2.83 bits per heavy atom. The van der Waals surface area contributed by atoms with Crippen molar-refractivity contribution in [2.24, 2.45) is 5.92 Å². The summed E-state index contributed by atoms with van der Waals surface area (Å²) >= 11 is 0. The molecule has 2 aliphatic rings. The first kappa shape index (κ1) is 18.1. The SMILES string of the molecule is O=C(Cn1cnc2ccccc2c1=O)N1CCC[C@@H](c2nccn2CC2CC2)C1. The van der Waals surface area contributed by atoms with Crippen molar-refractivity contribution >= 4 is 16.8 Å². The number of para-hydroxylation sites is 1. The summed E-state index contributed by atoms with van der Waals surface area (Å²) in [7, 11) is 0. The number of hydrogen-bond donors (Lipinski definition) is 0. The third-order valence-electron chi connectivity index (χ3n) is 6.08. The van der Waals surface area contributed by atoms with Crippen LogP contribution in [0.15, 0.2) is 47.8 Å². The topological polar surface area (TPSA) is 73.0 Å². The number of piperidine rings is 1. The van der Waals surface area contributed by atoms with Gasteiger partial charge in [0.2, 0.25) is 5.91 Å². The highest BCUT2D eigenvalue weighted by Gasteiger charge is 2.29. The number of amides is 1. The van der Waals surface area contributed by atoms with E-state index in [2.05, 4.69) is 20.7 Å². The summed E-state index contributed by atoms with van der Waals surface area (Å²) in [6.45, 7) is 2.46. The van der Waals surface area contributed by atoms with Gasteiger partial charge >= 0.3 is 0 Å². The molecule has 0 radical (unpaired) electrons. The fourth-order valence-corrected chi connectivity index (χ4v) is 4.29. The average Bonchev–Trinajstić information content (AvgIpc) is 3.45. The van der Waals surface area contributed by atoms with Crippen LogP contribution >= 0.6 is 0 Å². The van der Waals surface area contributed by atoms with Gasteiger partial charge in [0.15, 0.2) is 0 Å². The van der Waals surface area contributed by atoms with E-state index in [1.165, 1.54) is 23.7 Å². The molecular formula is C22H25N5O2. The molecule has 1 aromatic carbocycles. The summed E-state index contributed by atoms with van der Waals surface area (Å²) in [5, 5.41) is 0.543. The number of aromatic nitrogens is 4. The Labute approximate surface area is 169 Å². The van der Waals surface area contributed by atoms with Crippen LogP contribution in [0.5, 0.6) is 0 Å². The van der Waals surface area contributed by atoms with Gasteiger partial charge in [0.1, 0.15) is 12.4 Å². The summed E-state index contributed by atoms with van der Waals surface area (Å²) < 4.78 is 3.69. The molecule has 3 aromatic rings. The minimum absolute atomic E-state index is 0.0277. The van der Waals surface area contributed by atoms with Gasteiger partial charge in [0.25, 0.3) is 5.56 Å². The van der Waals surface area contributed by atoms with Gasteiger partial charge in [-0.2, -0.15) is 0 Å². The maximum atomic E-state index is 13.0. The zero-order valence-electron chi connectivity index (χ0n) is 16.4. The molecule has 3 heterocycles. The van der Waals surface area contributed by atoms with Crippen molar-refractivity contribution in [2.45, 2.75) is 44.7 Å². The molecule has 0 unspecified atom stereocenters. The number of hydrogen-bond acceptors (Lipinski definition) is 4. The van der Waals surface area contributed by atoms with Gasteiger partial charge in [-0.25, -0.2) is 9.97 Å². The summed E-state index contributed by atoms with van der Waals surface area (Å²) in [6.07, 6.45) is 10.0. The number of carbonyl (C=O) groups excluding carboxylic acids is 1. The van der Waals surface area contributed by atoms with Gasteiger partial charge < -0.3 is 9.47 Å². The zero-order chi connectivity index (χ0) is 19.8. The van der Waals surface area contributed by atoms with Gasteiger partial charge in [-0.1, -0.05) is 12.1 Å². The molecule has 1 saturated carbocycles. The molecule has 7 nitrogen and oxygen atoms in total. The van der Waals surface area contributed by atoms with Crippen LogP contribution in [0.2, 0.25) is 0 Å². The molecule has 0 bridgehead atoms. The third-order valence-corrected chi connectivity index (χ3v) is 6.08. The Balaban J connectivity index is 1.31. The lowest BCUT2D eigenvalue weighted by Gasteiger charge is -2.33. The van der Waals surface area contributed by atoms with Crippen molar-refractivity contribution in [3.8, 4) is 0 Å². The lowest BCUT2D eigenvalue weighted by molar-refractivity contribution is -0.133. The van der Waals surface area contributed by atoms with E-state index in [0.29, 0.717) is 17.4 Å². The van der Waals surface area contributed by atoms with Crippen LogP contribution in [0.1, 0.15) is 37.4 Å². The zero-order valence-corrected chi connectivity index (χ0v) is 16.4. The molecule has 2 aromatic heterocycles. The highest BCUT2D eigenvalue weighted by Crippen LogP contribution is 2.33. The van der Waals surface area contributed by atoms with E-state index in [1.54, 1.807) is 6.07 Å². The minimum atomic E-state index is -0.169. The fraction of sp³-hybridized carbons (Fsp3) is 0.455. The fourth-order valence-electron chi connectivity index (χ4n) is 4.29. The predicted molar refractivity (Wildman–Crippen MR) is 110 cm³/mol. The normalized spacial score (nSPS) is 19.6. The Morgan fingerprint density at radius 1 is 1.10 bits per heavy atom. The van der Waals surface area contributed by atoms with Crippen molar-refractivity contribution in [2.75, 3.05) is 13.1 Å². The van der Waals surface area contributed by atoms with Crippen molar-refractivity contribution in [1.82, 2.24) is 24.0 Å². The van der Waals surface area contributed by atoms with Crippen LogP contribution in [0, 0.1) is 5.92 Å². The van der Waals surface area contributed by atoms with Gasteiger partial charge in [0.05, 0.1) is 17.2 Å². The van der Waals surface area contributed by atoms with E-state index in [1.807, 2.05) is 29.3 Å².